The number of anilines is 1. The summed E-state index contributed by atoms with van der Waals surface area (Å²) in [6.45, 7) is 3.93. The highest BCUT2D eigenvalue weighted by molar-refractivity contribution is 6.43. The molecule has 23 heavy (non-hydrogen) atoms. The van der Waals surface area contributed by atoms with Crippen LogP contribution in [0.25, 0.3) is 11.1 Å². The maximum atomic E-state index is 12.2. The van der Waals surface area contributed by atoms with Crippen molar-refractivity contribution in [3.63, 3.8) is 0 Å². The minimum Gasteiger partial charge on any atom is -0.481 e. The molecule has 4 rings (SSSR count). The summed E-state index contributed by atoms with van der Waals surface area (Å²) in [6.07, 6.45) is 0.595. The second kappa shape index (κ2) is 4.59. The van der Waals surface area contributed by atoms with Crippen molar-refractivity contribution in [2.45, 2.75) is 26.7 Å². The summed E-state index contributed by atoms with van der Waals surface area (Å²) in [6, 6.07) is 5.86. The zero-order valence-corrected chi connectivity index (χ0v) is 12.9. The van der Waals surface area contributed by atoms with Gasteiger partial charge in [-0.2, -0.15) is 0 Å². The summed E-state index contributed by atoms with van der Waals surface area (Å²) in [5.41, 5.74) is 8.59. The standard InChI is InChI=1S/C18H16N2O3/c1-8-10(6-7-13(21)22)9(2)19-17(8)15-11-4-3-5-12-14(11)16(15)18(23)20-12/h3-5,19H,6-7H2,1-2H3,(H,20,23)(H,21,22). The van der Waals surface area contributed by atoms with Crippen molar-refractivity contribution in [3.8, 4) is 0 Å². The van der Waals surface area contributed by atoms with Crippen LogP contribution < -0.4 is 5.32 Å². The number of carboxylic acids is 1. The van der Waals surface area contributed by atoms with Crippen molar-refractivity contribution in [2.75, 3.05) is 5.32 Å². The molecule has 116 valence electrons. The van der Waals surface area contributed by atoms with Crippen LogP contribution in [0.5, 0.6) is 0 Å². The van der Waals surface area contributed by atoms with Gasteiger partial charge in [-0.05, 0) is 43.0 Å². The number of H-pyrrole nitrogens is 1. The Hall–Kier alpha value is -2.82. The highest BCUT2D eigenvalue weighted by atomic mass is 16.4. The minimum absolute atomic E-state index is 0.0626. The first-order valence-electron chi connectivity index (χ1n) is 7.58. The topological polar surface area (TPSA) is 82.2 Å². The number of aryl methyl sites for hydroxylation is 1. The number of aromatic nitrogens is 1. The summed E-state index contributed by atoms with van der Waals surface area (Å²) in [4.78, 5) is 26.4. The molecule has 5 heteroatoms. The van der Waals surface area contributed by atoms with Crippen molar-refractivity contribution in [1.29, 1.82) is 0 Å². The fourth-order valence-corrected chi connectivity index (χ4v) is 3.65. The zero-order chi connectivity index (χ0) is 16.3. The van der Waals surface area contributed by atoms with Crippen LogP contribution in [0.2, 0.25) is 0 Å². The molecule has 1 amide bonds. The number of aromatic amines is 1. The molecular formula is C18H16N2O3. The minimum atomic E-state index is -0.803. The average Bonchev–Trinajstić information content (AvgIpc) is 2.92. The van der Waals surface area contributed by atoms with E-state index < -0.39 is 5.97 Å². The van der Waals surface area contributed by atoms with Gasteiger partial charge in [0.05, 0.1) is 11.3 Å². The number of aliphatic carboxylic acids is 1. The van der Waals surface area contributed by atoms with Gasteiger partial charge in [-0.15, -0.1) is 0 Å². The molecule has 1 aliphatic heterocycles. The lowest BCUT2D eigenvalue weighted by molar-refractivity contribution is -0.137. The van der Waals surface area contributed by atoms with Gasteiger partial charge < -0.3 is 15.4 Å². The molecule has 5 nitrogen and oxygen atoms in total. The van der Waals surface area contributed by atoms with E-state index in [0.717, 1.165) is 50.5 Å². The molecule has 0 saturated heterocycles. The van der Waals surface area contributed by atoms with E-state index in [1.165, 1.54) is 0 Å². The summed E-state index contributed by atoms with van der Waals surface area (Å²) in [5, 5.41) is 11.8. The third kappa shape index (κ3) is 1.79. The molecule has 0 saturated carbocycles. The fourth-order valence-electron chi connectivity index (χ4n) is 3.65. The van der Waals surface area contributed by atoms with Crippen molar-refractivity contribution in [2.24, 2.45) is 0 Å². The number of amides is 1. The second-order valence-electron chi connectivity index (χ2n) is 6.05. The number of carbonyl (C=O) groups excluding carboxylic acids is 1. The molecule has 0 atom stereocenters. The van der Waals surface area contributed by atoms with Crippen LogP contribution in [0.3, 0.4) is 0 Å². The van der Waals surface area contributed by atoms with Crippen molar-refractivity contribution in [3.05, 3.63) is 51.8 Å². The van der Waals surface area contributed by atoms with E-state index >= 15 is 0 Å². The van der Waals surface area contributed by atoms with Gasteiger partial charge in [-0.25, -0.2) is 0 Å². The Morgan fingerprint density at radius 1 is 1.22 bits per heavy atom. The highest BCUT2D eigenvalue weighted by Crippen LogP contribution is 2.52. The van der Waals surface area contributed by atoms with Crippen LogP contribution in [0, 0.1) is 13.8 Å². The van der Waals surface area contributed by atoms with Crippen molar-refractivity contribution < 1.29 is 14.7 Å². The first-order chi connectivity index (χ1) is 11.0. The van der Waals surface area contributed by atoms with Crippen LogP contribution in [0.15, 0.2) is 18.2 Å². The van der Waals surface area contributed by atoms with E-state index in [1.807, 2.05) is 32.0 Å². The monoisotopic (exact) mass is 308 g/mol. The lowest BCUT2D eigenvalue weighted by atomic mass is 9.78. The Labute approximate surface area is 133 Å². The molecule has 1 aromatic heterocycles. The van der Waals surface area contributed by atoms with E-state index in [2.05, 4.69) is 10.3 Å². The highest BCUT2D eigenvalue weighted by Gasteiger charge is 2.40. The lowest BCUT2D eigenvalue weighted by Gasteiger charge is -2.23. The summed E-state index contributed by atoms with van der Waals surface area (Å²) in [5.74, 6) is -0.866. The Bertz CT molecular complexity index is 919. The SMILES string of the molecule is Cc1[nH]c(C2=C3C(=O)Nc4cccc2c43)c(C)c1CCC(=O)O. The third-order valence-electron chi connectivity index (χ3n) is 4.74. The van der Waals surface area contributed by atoms with Gasteiger partial charge in [0.15, 0.2) is 0 Å². The number of carboxylic acid groups (broad SMARTS) is 1. The van der Waals surface area contributed by atoms with Gasteiger partial charge >= 0.3 is 5.97 Å². The maximum absolute atomic E-state index is 12.2. The number of nitrogens with one attached hydrogen (secondary N) is 2. The molecule has 0 bridgehead atoms. The lowest BCUT2D eigenvalue weighted by Crippen LogP contribution is -2.12. The van der Waals surface area contributed by atoms with Crippen LogP contribution in [0.1, 0.15) is 40.1 Å². The number of benzene rings is 1. The van der Waals surface area contributed by atoms with Gasteiger partial charge in [0, 0.05) is 28.9 Å². The Kier molecular flexibility index (Phi) is 2.75. The zero-order valence-electron chi connectivity index (χ0n) is 12.9. The van der Waals surface area contributed by atoms with E-state index in [-0.39, 0.29) is 12.3 Å². The predicted octanol–water partition coefficient (Wildman–Crippen LogP) is 2.87. The first-order valence-corrected chi connectivity index (χ1v) is 7.58. The van der Waals surface area contributed by atoms with Gasteiger partial charge in [-0.1, -0.05) is 12.1 Å². The molecule has 0 fully saturated rings. The quantitative estimate of drug-likeness (QED) is 0.812. The number of hydrogen-bond donors (Lipinski definition) is 3. The largest absolute Gasteiger partial charge is 0.481 e. The molecule has 1 aromatic carbocycles. The first kappa shape index (κ1) is 13.8. The number of rotatable bonds is 4. The van der Waals surface area contributed by atoms with E-state index in [0.29, 0.717) is 6.42 Å². The van der Waals surface area contributed by atoms with Gasteiger partial charge in [0.25, 0.3) is 5.91 Å². The fraction of sp³-hybridized carbons (Fsp3) is 0.222. The maximum Gasteiger partial charge on any atom is 0.303 e. The molecule has 3 N–H and O–H groups in total. The Balaban J connectivity index is 1.82. The predicted molar refractivity (Wildman–Crippen MR) is 87.2 cm³/mol. The van der Waals surface area contributed by atoms with Crippen LogP contribution in [-0.2, 0) is 16.0 Å². The van der Waals surface area contributed by atoms with Crippen molar-refractivity contribution >= 4 is 28.7 Å². The van der Waals surface area contributed by atoms with Crippen LogP contribution in [0.4, 0.5) is 5.69 Å². The van der Waals surface area contributed by atoms with Gasteiger partial charge in [0.2, 0.25) is 0 Å². The molecule has 2 aromatic rings. The van der Waals surface area contributed by atoms with Gasteiger partial charge in [0.1, 0.15) is 0 Å². The molecule has 2 aliphatic rings. The second-order valence-corrected chi connectivity index (χ2v) is 6.05. The van der Waals surface area contributed by atoms with Crippen molar-refractivity contribution in [1.82, 2.24) is 4.98 Å². The number of carbonyl (C=O) groups is 2. The normalized spacial score (nSPS) is 14.6. The van der Waals surface area contributed by atoms with E-state index in [9.17, 15) is 9.59 Å². The summed E-state index contributed by atoms with van der Waals surface area (Å²) < 4.78 is 0. The summed E-state index contributed by atoms with van der Waals surface area (Å²) >= 11 is 0. The van der Waals surface area contributed by atoms with E-state index in [1.54, 1.807) is 0 Å². The molecule has 2 heterocycles. The summed E-state index contributed by atoms with van der Waals surface area (Å²) in [7, 11) is 0. The third-order valence-corrected chi connectivity index (χ3v) is 4.74. The average molecular weight is 308 g/mol. The van der Waals surface area contributed by atoms with Gasteiger partial charge in [-0.3, -0.25) is 9.59 Å². The van der Waals surface area contributed by atoms with Crippen LogP contribution in [-0.4, -0.2) is 22.0 Å². The molecule has 0 radical (unpaired) electrons. The van der Waals surface area contributed by atoms with E-state index in [4.69, 9.17) is 5.11 Å². The Morgan fingerprint density at radius 2 is 2.00 bits per heavy atom. The molecule has 0 unspecified atom stereocenters. The smallest absolute Gasteiger partial charge is 0.303 e. The van der Waals surface area contributed by atoms with Crippen LogP contribution >= 0.6 is 0 Å². The molecule has 0 spiro atoms. The Morgan fingerprint density at radius 3 is 2.74 bits per heavy atom. The molecule has 1 aliphatic carbocycles. The number of hydrogen-bond acceptors (Lipinski definition) is 2. The molecular weight excluding hydrogens is 292 g/mol.